The molecule has 1 heterocycles. The number of likely N-dealkylation sites (tertiary alicyclic amines) is 1. The third-order valence-corrected chi connectivity index (χ3v) is 5.47. The van der Waals surface area contributed by atoms with Gasteiger partial charge in [0.2, 0.25) is 11.8 Å². The van der Waals surface area contributed by atoms with Gasteiger partial charge in [0.1, 0.15) is 12.6 Å². The zero-order valence-corrected chi connectivity index (χ0v) is 18.9. The highest BCUT2D eigenvalue weighted by molar-refractivity contribution is 5.94. The van der Waals surface area contributed by atoms with E-state index in [9.17, 15) is 19.2 Å². The molecule has 32 heavy (non-hydrogen) atoms. The van der Waals surface area contributed by atoms with Crippen LogP contribution >= 0.6 is 0 Å². The molecule has 0 aliphatic carbocycles. The maximum absolute atomic E-state index is 13.0. The number of carbonyl (C=O) groups is 4. The summed E-state index contributed by atoms with van der Waals surface area (Å²) >= 11 is 0. The van der Waals surface area contributed by atoms with E-state index in [-0.39, 0.29) is 24.7 Å². The topological polar surface area (TPSA) is 125 Å². The molecule has 0 saturated carbocycles. The van der Waals surface area contributed by atoms with Crippen molar-refractivity contribution in [3.63, 3.8) is 0 Å². The minimum atomic E-state index is -0.778. The first-order valence-electron chi connectivity index (χ1n) is 11.0. The molecule has 9 nitrogen and oxygen atoms in total. The Morgan fingerprint density at radius 3 is 2.47 bits per heavy atom. The quantitative estimate of drug-likeness (QED) is 0.374. The highest BCUT2D eigenvalue weighted by Gasteiger charge is 2.37. The van der Waals surface area contributed by atoms with Gasteiger partial charge in [0.15, 0.2) is 5.78 Å². The molecule has 3 N–H and O–H groups in total. The van der Waals surface area contributed by atoms with Gasteiger partial charge in [0.05, 0.1) is 6.04 Å². The zero-order chi connectivity index (χ0) is 23.7. The molecule has 0 aromatic heterocycles. The molecule has 3 atom stereocenters. The summed E-state index contributed by atoms with van der Waals surface area (Å²) in [7, 11) is 0. The van der Waals surface area contributed by atoms with Crippen LogP contribution in [0.25, 0.3) is 0 Å². The third kappa shape index (κ3) is 7.33. The Morgan fingerprint density at radius 2 is 1.84 bits per heavy atom. The lowest BCUT2D eigenvalue weighted by Crippen LogP contribution is -2.51. The first-order valence-corrected chi connectivity index (χ1v) is 11.0. The van der Waals surface area contributed by atoms with Gasteiger partial charge in [-0.25, -0.2) is 10.3 Å². The fourth-order valence-electron chi connectivity index (χ4n) is 3.72. The summed E-state index contributed by atoms with van der Waals surface area (Å²) in [6.07, 6.45) is 0.875. The van der Waals surface area contributed by atoms with E-state index in [2.05, 4.69) is 5.32 Å². The van der Waals surface area contributed by atoms with Crippen molar-refractivity contribution in [3.05, 3.63) is 35.9 Å². The van der Waals surface area contributed by atoms with E-state index in [4.69, 9.17) is 9.94 Å². The highest BCUT2D eigenvalue weighted by Crippen LogP contribution is 2.20. The molecule has 0 radical (unpaired) electrons. The lowest BCUT2D eigenvalue weighted by atomic mass is 9.93. The number of ketones is 1. The summed E-state index contributed by atoms with van der Waals surface area (Å²) in [5, 5.41) is 11.5. The van der Waals surface area contributed by atoms with Crippen molar-refractivity contribution in [2.45, 2.75) is 65.1 Å². The molecule has 1 fully saturated rings. The summed E-state index contributed by atoms with van der Waals surface area (Å²) in [6.45, 7) is 5.91. The minimum Gasteiger partial charge on any atom is -0.445 e. The summed E-state index contributed by atoms with van der Waals surface area (Å²) in [6, 6.07) is 7.79. The first kappa shape index (κ1) is 25.3. The van der Waals surface area contributed by atoms with Crippen LogP contribution < -0.4 is 10.8 Å². The van der Waals surface area contributed by atoms with E-state index >= 15 is 0 Å². The molecule has 0 unspecified atom stereocenters. The van der Waals surface area contributed by atoms with Gasteiger partial charge in [0.25, 0.3) is 0 Å². The van der Waals surface area contributed by atoms with Crippen LogP contribution in [0.2, 0.25) is 0 Å². The maximum Gasteiger partial charge on any atom is 0.410 e. The predicted octanol–water partition coefficient (Wildman–Crippen LogP) is 2.42. The number of nitrogens with one attached hydrogen (secondary N) is 2. The number of ether oxygens (including phenoxy) is 1. The number of hydrogen-bond donors (Lipinski definition) is 3. The second-order valence-corrected chi connectivity index (χ2v) is 8.63. The fourth-order valence-corrected chi connectivity index (χ4v) is 3.72. The number of carbonyl (C=O) groups excluding carboxylic acids is 4. The summed E-state index contributed by atoms with van der Waals surface area (Å²) in [5.74, 6) is -1.95. The van der Waals surface area contributed by atoms with Gasteiger partial charge in [-0.1, -0.05) is 51.1 Å². The standard InChI is InChI=1S/C23H33N3O6/c1-15(2)12-18(20(27)13-16(3)21(28)25-31)24-22(29)19-10-7-11-26(19)23(30)32-14-17-8-5-4-6-9-17/h4-6,8-9,15-16,18-19,31H,7,10-14H2,1-3H3,(H,24,29)(H,25,28)/t16-,18+,19+/m1/s1. The average molecular weight is 448 g/mol. The Morgan fingerprint density at radius 1 is 1.16 bits per heavy atom. The Bertz CT molecular complexity index is 798. The molecule has 1 aliphatic rings. The predicted molar refractivity (Wildman–Crippen MR) is 116 cm³/mol. The van der Waals surface area contributed by atoms with Crippen LogP contribution in [0.4, 0.5) is 4.79 Å². The van der Waals surface area contributed by atoms with Crippen molar-refractivity contribution in [3.8, 4) is 0 Å². The molecule has 176 valence electrons. The number of hydrogen-bond acceptors (Lipinski definition) is 6. The SMILES string of the molecule is CC(C)C[C@H](NC(=O)[C@@H]1CCCN1C(=O)OCc1ccccc1)C(=O)C[C@@H](C)C(=O)NO. The molecule has 2 rings (SSSR count). The fraction of sp³-hybridized carbons (Fsp3) is 0.565. The van der Waals surface area contributed by atoms with E-state index < -0.39 is 35.9 Å². The molecule has 1 aromatic rings. The van der Waals surface area contributed by atoms with Crippen LogP contribution in [0.3, 0.4) is 0 Å². The maximum atomic E-state index is 13.0. The lowest BCUT2D eigenvalue weighted by molar-refractivity contribution is -0.136. The van der Waals surface area contributed by atoms with Gasteiger partial charge >= 0.3 is 6.09 Å². The van der Waals surface area contributed by atoms with Gasteiger partial charge < -0.3 is 10.1 Å². The Labute approximate surface area is 188 Å². The van der Waals surface area contributed by atoms with E-state index in [1.165, 1.54) is 11.8 Å². The molecule has 3 amide bonds. The molecular weight excluding hydrogens is 414 g/mol. The van der Waals surface area contributed by atoms with Crippen LogP contribution in [0.1, 0.15) is 52.0 Å². The van der Waals surface area contributed by atoms with Crippen LogP contribution in [0.5, 0.6) is 0 Å². The number of amides is 3. The van der Waals surface area contributed by atoms with Gasteiger partial charge in [-0.15, -0.1) is 0 Å². The Balaban J connectivity index is 1.99. The number of hydroxylamine groups is 1. The van der Waals surface area contributed by atoms with Crippen LogP contribution in [-0.2, 0) is 25.7 Å². The zero-order valence-electron chi connectivity index (χ0n) is 18.9. The van der Waals surface area contributed by atoms with Crippen molar-refractivity contribution in [1.82, 2.24) is 15.7 Å². The Kier molecular flexibility index (Phi) is 9.64. The first-order chi connectivity index (χ1) is 15.2. The smallest absolute Gasteiger partial charge is 0.410 e. The normalized spacial score (nSPS) is 17.5. The number of nitrogens with zero attached hydrogens (tertiary/aromatic N) is 1. The Hall–Kier alpha value is -2.94. The van der Waals surface area contributed by atoms with E-state index in [1.807, 2.05) is 44.2 Å². The van der Waals surface area contributed by atoms with Crippen molar-refractivity contribution >= 4 is 23.7 Å². The third-order valence-electron chi connectivity index (χ3n) is 5.47. The van der Waals surface area contributed by atoms with Crippen LogP contribution in [0.15, 0.2) is 30.3 Å². The second kappa shape index (κ2) is 12.2. The van der Waals surface area contributed by atoms with Crippen LogP contribution in [-0.4, -0.2) is 52.4 Å². The van der Waals surface area contributed by atoms with Crippen molar-refractivity contribution in [2.75, 3.05) is 6.54 Å². The minimum absolute atomic E-state index is 0.114. The van der Waals surface area contributed by atoms with E-state index in [1.54, 1.807) is 5.48 Å². The molecule has 1 saturated heterocycles. The highest BCUT2D eigenvalue weighted by atomic mass is 16.6. The molecule has 0 spiro atoms. The van der Waals surface area contributed by atoms with Crippen molar-refractivity contribution in [2.24, 2.45) is 11.8 Å². The molecule has 0 bridgehead atoms. The van der Waals surface area contributed by atoms with Gasteiger partial charge in [-0.05, 0) is 30.7 Å². The molecule has 1 aromatic carbocycles. The lowest BCUT2D eigenvalue weighted by Gasteiger charge is -2.26. The van der Waals surface area contributed by atoms with E-state index in [0.29, 0.717) is 25.8 Å². The molecule has 9 heteroatoms. The molecule has 1 aliphatic heterocycles. The van der Waals surface area contributed by atoms with Gasteiger partial charge in [-0.2, -0.15) is 0 Å². The van der Waals surface area contributed by atoms with Crippen molar-refractivity contribution in [1.29, 1.82) is 0 Å². The second-order valence-electron chi connectivity index (χ2n) is 8.63. The summed E-state index contributed by atoms with van der Waals surface area (Å²) in [5.41, 5.74) is 2.39. The van der Waals surface area contributed by atoms with E-state index in [0.717, 1.165) is 5.56 Å². The van der Waals surface area contributed by atoms with Crippen molar-refractivity contribution < 1.29 is 29.1 Å². The monoisotopic (exact) mass is 447 g/mol. The largest absolute Gasteiger partial charge is 0.445 e. The van der Waals surface area contributed by atoms with Gasteiger partial charge in [0, 0.05) is 18.9 Å². The molecular formula is C23H33N3O6. The number of Topliss-reactive ketones (excluding diaryl/α,β-unsaturated/α-hetero) is 1. The van der Waals surface area contributed by atoms with Crippen LogP contribution in [0, 0.1) is 11.8 Å². The summed E-state index contributed by atoms with van der Waals surface area (Å²) < 4.78 is 5.37. The average Bonchev–Trinajstić information content (AvgIpc) is 3.27. The summed E-state index contributed by atoms with van der Waals surface area (Å²) in [4.78, 5) is 51.2. The number of benzene rings is 1. The number of rotatable bonds is 10. The van der Waals surface area contributed by atoms with Gasteiger partial charge in [-0.3, -0.25) is 24.5 Å².